The monoisotopic (exact) mass is 277 g/mol. The zero-order valence-electron chi connectivity index (χ0n) is 12.7. The Morgan fingerprint density at radius 2 is 2.10 bits per heavy atom. The maximum Gasteiger partial charge on any atom is 0.125 e. The number of ether oxygens (including phenoxy) is 1. The van der Waals surface area contributed by atoms with Gasteiger partial charge in [0, 0.05) is 12.1 Å². The van der Waals surface area contributed by atoms with E-state index in [0.717, 1.165) is 30.3 Å². The van der Waals surface area contributed by atoms with Crippen molar-refractivity contribution in [3.63, 3.8) is 0 Å². The van der Waals surface area contributed by atoms with Crippen LogP contribution in [0.5, 0.6) is 5.75 Å². The van der Waals surface area contributed by atoms with Crippen LogP contribution in [0.3, 0.4) is 0 Å². The zero-order chi connectivity index (χ0) is 14.4. The van der Waals surface area contributed by atoms with Gasteiger partial charge >= 0.3 is 0 Å². The average molecular weight is 277 g/mol. The minimum absolute atomic E-state index is 0.467. The quantitative estimate of drug-likeness (QED) is 0.897. The van der Waals surface area contributed by atoms with Gasteiger partial charge in [-0.15, -0.1) is 0 Å². The third-order valence-corrected chi connectivity index (χ3v) is 4.12. The Bertz CT molecular complexity index is 408. The molecule has 1 N–H and O–H groups in total. The van der Waals surface area contributed by atoms with E-state index < -0.39 is 6.10 Å². The number of hydrogen-bond acceptors (Lipinski definition) is 3. The summed E-state index contributed by atoms with van der Waals surface area (Å²) in [7, 11) is 0. The van der Waals surface area contributed by atoms with Gasteiger partial charge in [-0.25, -0.2) is 0 Å². The minimum atomic E-state index is -0.467. The van der Waals surface area contributed by atoms with Crippen molar-refractivity contribution in [1.29, 1.82) is 0 Å². The third-order valence-electron chi connectivity index (χ3n) is 4.12. The molecule has 0 aromatic heterocycles. The highest BCUT2D eigenvalue weighted by Gasteiger charge is 2.19. The molecular formula is C17H27NO2. The molecule has 3 heteroatoms. The highest BCUT2D eigenvalue weighted by molar-refractivity contribution is 5.35. The first-order valence-corrected chi connectivity index (χ1v) is 7.82. The summed E-state index contributed by atoms with van der Waals surface area (Å²) in [6, 6.07) is 7.82. The van der Waals surface area contributed by atoms with Crippen molar-refractivity contribution in [1.82, 2.24) is 4.90 Å². The van der Waals surface area contributed by atoms with Crippen molar-refractivity contribution >= 4 is 0 Å². The van der Waals surface area contributed by atoms with E-state index in [1.165, 1.54) is 19.3 Å². The van der Waals surface area contributed by atoms with Gasteiger partial charge in [0.1, 0.15) is 5.75 Å². The summed E-state index contributed by atoms with van der Waals surface area (Å²) in [4.78, 5) is 2.39. The fraction of sp³-hybridized carbons (Fsp3) is 0.647. The van der Waals surface area contributed by atoms with E-state index >= 15 is 0 Å². The molecule has 2 rings (SSSR count). The molecule has 1 aromatic rings. The summed E-state index contributed by atoms with van der Waals surface area (Å²) in [5.74, 6) is 1.62. The Morgan fingerprint density at radius 3 is 2.90 bits per heavy atom. The number of likely N-dealkylation sites (tertiary alicyclic amines) is 1. The van der Waals surface area contributed by atoms with Crippen LogP contribution in [0, 0.1) is 5.92 Å². The lowest BCUT2D eigenvalue weighted by atomic mass is 10.0. The molecule has 2 unspecified atom stereocenters. The van der Waals surface area contributed by atoms with Gasteiger partial charge in [-0.1, -0.05) is 25.1 Å². The van der Waals surface area contributed by atoms with Crippen LogP contribution in [0.4, 0.5) is 0 Å². The molecule has 2 atom stereocenters. The maximum absolute atomic E-state index is 10.5. The molecule has 112 valence electrons. The predicted octanol–water partition coefficient (Wildman–Crippen LogP) is 3.24. The molecular weight excluding hydrogens is 250 g/mol. The fourth-order valence-corrected chi connectivity index (χ4v) is 2.89. The molecule has 0 saturated carbocycles. The molecule has 1 saturated heterocycles. The first kappa shape index (κ1) is 15.3. The lowest BCUT2D eigenvalue weighted by Crippen LogP contribution is -2.30. The largest absolute Gasteiger partial charge is 0.493 e. The Labute approximate surface area is 122 Å². The second-order valence-corrected chi connectivity index (χ2v) is 5.82. The van der Waals surface area contributed by atoms with Gasteiger partial charge in [0.2, 0.25) is 0 Å². The van der Waals surface area contributed by atoms with Gasteiger partial charge in [-0.3, -0.25) is 0 Å². The lowest BCUT2D eigenvalue weighted by molar-refractivity contribution is 0.111. The number of aliphatic hydroxyl groups excluding tert-OH is 1. The van der Waals surface area contributed by atoms with E-state index in [1.807, 2.05) is 31.2 Å². The number of rotatable bonds is 5. The Hall–Kier alpha value is -1.06. The Kier molecular flexibility index (Phi) is 5.86. The number of β-amino-alcohol motifs (C(OH)–C–C–N with tert-alkyl or cyclic N) is 1. The van der Waals surface area contributed by atoms with Crippen molar-refractivity contribution in [3.8, 4) is 5.75 Å². The predicted molar refractivity (Wildman–Crippen MR) is 82.0 cm³/mol. The standard InChI is InChI=1S/C17H27NO2/c1-3-20-17-9-5-4-8-15(17)16(19)13-18-11-6-7-14(2)10-12-18/h4-5,8-9,14,16,19H,3,6-7,10-13H2,1-2H3. The lowest BCUT2D eigenvalue weighted by Gasteiger charge is -2.24. The van der Waals surface area contributed by atoms with Crippen molar-refractivity contribution in [2.45, 2.75) is 39.2 Å². The minimum Gasteiger partial charge on any atom is -0.493 e. The van der Waals surface area contributed by atoms with Crippen LogP contribution >= 0.6 is 0 Å². The second-order valence-electron chi connectivity index (χ2n) is 5.82. The Balaban J connectivity index is 1.98. The zero-order valence-corrected chi connectivity index (χ0v) is 12.7. The van der Waals surface area contributed by atoms with E-state index in [4.69, 9.17) is 4.74 Å². The molecule has 0 spiro atoms. The third kappa shape index (κ3) is 4.22. The maximum atomic E-state index is 10.5. The fourth-order valence-electron chi connectivity index (χ4n) is 2.89. The van der Waals surface area contributed by atoms with Crippen LogP contribution in [0.15, 0.2) is 24.3 Å². The highest BCUT2D eigenvalue weighted by Crippen LogP contribution is 2.26. The van der Waals surface area contributed by atoms with E-state index in [1.54, 1.807) is 0 Å². The first-order chi connectivity index (χ1) is 9.70. The SMILES string of the molecule is CCOc1ccccc1C(O)CN1CCCC(C)CC1. The molecule has 0 aliphatic carbocycles. The van der Waals surface area contributed by atoms with Crippen LogP contribution < -0.4 is 4.74 Å². The number of hydrogen-bond donors (Lipinski definition) is 1. The highest BCUT2D eigenvalue weighted by atomic mass is 16.5. The number of aliphatic hydroxyl groups is 1. The van der Waals surface area contributed by atoms with E-state index in [-0.39, 0.29) is 0 Å². The van der Waals surface area contributed by atoms with Crippen LogP contribution in [0.1, 0.15) is 44.8 Å². The summed E-state index contributed by atoms with van der Waals surface area (Å²) in [6.45, 7) is 7.82. The molecule has 0 amide bonds. The number of nitrogens with zero attached hydrogens (tertiary/aromatic N) is 1. The van der Waals surface area contributed by atoms with Gasteiger partial charge in [0.15, 0.2) is 0 Å². The van der Waals surface area contributed by atoms with Crippen molar-refractivity contribution < 1.29 is 9.84 Å². The van der Waals surface area contributed by atoms with Gasteiger partial charge in [0.05, 0.1) is 12.7 Å². The van der Waals surface area contributed by atoms with E-state index in [9.17, 15) is 5.11 Å². The van der Waals surface area contributed by atoms with E-state index in [2.05, 4.69) is 11.8 Å². The van der Waals surface area contributed by atoms with Crippen LogP contribution in [0.25, 0.3) is 0 Å². The van der Waals surface area contributed by atoms with Crippen LogP contribution in [-0.4, -0.2) is 36.2 Å². The average Bonchev–Trinajstić information content (AvgIpc) is 2.65. The molecule has 0 radical (unpaired) electrons. The van der Waals surface area contributed by atoms with Gasteiger partial charge in [-0.2, -0.15) is 0 Å². The van der Waals surface area contributed by atoms with Crippen molar-refractivity contribution in [2.75, 3.05) is 26.2 Å². The Morgan fingerprint density at radius 1 is 1.30 bits per heavy atom. The molecule has 1 aliphatic heterocycles. The van der Waals surface area contributed by atoms with E-state index in [0.29, 0.717) is 13.2 Å². The smallest absolute Gasteiger partial charge is 0.125 e. The van der Waals surface area contributed by atoms with Gasteiger partial charge in [-0.05, 0) is 51.3 Å². The number of para-hydroxylation sites is 1. The van der Waals surface area contributed by atoms with Crippen LogP contribution in [0.2, 0.25) is 0 Å². The summed E-state index contributed by atoms with van der Waals surface area (Å²) >= 11 is 0. The normalized spacial score (nSPS) is 22.2. The molecule has 3 nitrogen and oxygen atoms in total. The number of benzene rings is 1. The summed E-state index contributed by atoms with van der Waals surface area (Å²) in [5.41, 5.74) is 0.909. The first-order valence-electron chi connectivity index (χ1n) is 7.82. The topological polar surface area (TPSA) is 32.7 Å². The van der Waals surface area contributed by atoms with Crippen molar-refractivity contribution in [2.24, 2.45) is 5.92 Å². The molecule has 0 bridgehead atoms. The molecule has 1 fully saturated rings. The van der Waals surface area contributed by atoms with Gasteiger partial charge < -0.3 is 14.7 Å². The molecule has 20 heavy (non-hydrogen) atoms. The summed E-state index contributed by atoms with van der Waals surface area (Å²) in [5, 5.41) is 10.5. The van der Waals surface area contributed by atoms with Crippen LogP contribution in [-0.2, 0) is 0 Å². The second kappa shape index (κ2) is 7.65. The van der Waals surface area contributed by atoms with Crippen molar-refractivity contribution in [3.05, 3.63) is 29.8 Å². The molecule has 1 aromatic carbocycles. The summed E-state index contributed by atoms with van der Waals surface area (Å²) in [6.07, 6.45) is 3.31. The van der Waals surface area contributed by atoms with Gasteiger partial charge in [0.25, 0.3) is 0 Å². The molecule has 1 heterocycles. The molecule has 1 aliphatic rings. The summed E-state index contributed by atoms with van der Waals surface area (Å²) < 4.78 is 5.61.